The Kier molecular flexibility index (Phi) is 8.10. The van der Waals surface area contributed by atoms with E-state index in [2.05, 4.69) is 20.6 Å². The molecule has 8 heteroatoms. The van der Waals surface area contributed by atoms with Crippen molar-refractivity contribution in [1.82, 2.24) is 20.6 Å². The van der Waals surface area contributed by atoms with Gasteiger partial charge >= 0.3 is 6.03 Å². The number of nitrogens with zero attached hydrogens (tertiary/aromatic N) is 1. The Hall–Kier alpha value is -2.77. The van der Waals surface area contributed by atoms with E-state index in [-0.39, 0.29) is 24.5 Å². The molecule has 0 unspecified atom stereocenters. The van der Waals surface area contributed by atoms with Crippen LogP contribution in [0.15, 0.2) is 48.5 Å². The Balaban J connectivity index is 0.00000280. The number of ether oxygens (including phenoxy) is 2. The van der Waals surface area contributed by atoms with Crippen molar-refractivity contribution < 1.29 is 14.3 Å². The van der Waals surface area contributed by atoms with Crippen molar-refractivity contribution in [3.8, 4) is 5.75 Å². The maximum atomic E-state index is 12.3. The van der Waals surface area contributed by atoms with Crippen LogP contribution in [0.4, 0.5) is 4.79 Å². The number of carbonyl (C=O) groups is 1. The molecule has 0 bridgehead atoms. The van der Waals surface area contributed by atoms with Gasteiger partial charge in [-0.1, -0.05) is 24.3 Å². The number of methoxy groups -OCH3 is 2. The predicted molar refractivity (Wildman–Crippen MR) is 111 cm³/mol. The fourth-order valence-corrected chi connectivity index (χ4v) is 2.83. The number of aromatic nitrogens is 2. The van der Waals surface area contributed by atoms with Crippen LogP contribution in [0.1, 0.15) is 17.4 Å². The van der Waals surface area contributed by atoms with Gasteiger partial charge in [0, 0.05) is 13.7 Å². The molecule has 3 rings (SSSR count). The van der Waals surface area contributed by atoms with E-state index in [1.165, 1.54) is 0 Å². The highest BCUT2D eigenvalue weighted by atomic mass is 35.5. The van der Waals surface area contributed by atoms with E-state index in [0.717, 1.165) is 22.3 Å². The van der Waals surface area contributed by atoms with Gasteiger partial charge in [-0.2, -0.15) is 0 Å². The van der Waals surface area contributed by atoms with Gasteiger partial charge in [0.2, 0.25) is 0 Å². The molecular formula is C20H25ClN4O3. The lowest BCUT2D eigenvalue weighted by atomic mass is 10.1. The van der Waals surface area contributed by atoms with Gasteiger partial charge in [-0.15, -0.1) is 12.4 Å². The molecule has 0 spiro atoms. The van der Waals surface area contributed by atoms with Crippen LogP contribution in [0.3, 0.4) is 0 Å². The Bertz CT molecular complexity index is 850. The van der Waals surface area contributed by atoms with Gasteiger partial charge in [0.25, 0.3) is 0 Å². The van der Waals surface area contributed by atoms with Gasteiger partial charge in [0.1, 0.15) is 11.6 Å². The zero-order valence-electron chi connectivity index (χ0n) is 15.9. The number of rotatable bonds is 8. The third-order valence-corrected chi connectivity index (χ3v) is 4.23. The standard InChI is InChI=1S/C20H24N4O3.ClH/c1-26-12-11-21-20(25)24-18(13-14-7-9-15(27-2)10-8-14)19-22-16-5-3-4-6-17(16)23-19;/h3-10,18H,11-13H2,1-2H3,(H,22,23)(H2,21,24,25);1H/t18-;/m1./s1. The van der Waals surface area contributed by atoms with Crippen molar-refractivity contribution in [2.75, 3.05) is 27.4 Å². The van der Waals surface area contributed by atoms with E-state index in [9.17, 15) is 4.79 Å². The third-order valence-electron chi connectivity index (χ3n) is 4.23. The molecule has 0 aliphatic rings. The molecule has 150 valence electrons. The average Bonchev–Trinajstić information content (AvgIpc) is 3.12. The summed E-state index contributed by atoms with van der Waals surface area (Å²) in [7, 11) is 3.23. The smallest absolute Gasteiger partial charge is 0.315 e. The Morgan fingerprint density at radius 2 is 1.89 bits per heavy atom. The Morgan fingerprint density at radius 3 is 2.57 bits per heavy atom. The van der Waals surface area contributed by atoms with E-state index < -0.39 is 0 Å². The van der Waals surface area contributed by atoms with Gasteiger partial charge in [0.15, 0.2) is 0 Å². The number of amides is 2. The van der Waals surface area contributed by atoms with Gasteiger partial charge in [0.05, 0.1) is 30.8 Å². The van der Waals surface area contributed by atoms with Crippen LogP contribution in [-0.2, 0) is 11.2 Å². The lowest BCUT2D eigenvalue weighted by molar-refractivity contribution is 0.195. The molecule has 1 heterocycles. The molecule has 0 aliphatic carbocycles. The maximum absolute atomic E-state index is 12.3. The molecule has 0 radical (unpaired) electrons. The number of benzene rings is 2. The highest BCUT2D eigenvalue weighted by molar-refractivity contribution is 5.85. The van der Waals surface area contributed by atoms with Crippen molar-refractivity contribution in [2.45, 2.75) is 12.5 Å². The van der Waals surface area contributed by atoms with Crippen molar-refractivity contribution in [3.05, 3.63) is 59.9 Å². The zero-order chi connectivity index (χ0) is 19.1. The first-order chi connectivity index (χ1) is 13.2. The number of nitrogens with one attached hydrogen (secondary N) is 3. The van der Waals surface area contributed by atoms with Crippen molar-refractivity contribution in [3.63, 3.8) is 0 Å². The summed E-state index contributed by atoms with van der Waals surface area (Å²) in [5.41, 5.74) is 2.88. The summed E-state index contributed by atoms with van der Waals surface area (Å²) in [4.78, 5) is 20.2. The summed E-state index contributed by atoms with van der Waals surface area (Å²) in [6.07, 6.45) is 0.599. The van der Waals surface area contributed by atoms with Crippen molar-refractivity contribution in [1.29, 1.82) is 0 Å². The topological polar surface area (TPSA) is 88.3 Å². The number of hydrogen-bond donors (Lipinski definition) is 3. The summed E-state index contributed by atoms with van der Waals surface area (Å²) >= 11 is 0. The fourth-order valence-electron chi connectivity index (χ4n) is 2.83. The summed E-state index contributed by atoms with van der Waals surface area (Å²) in [6.45, 7) is 0.902. The number of para-hydroxylation sites is 2. The number of carbonyl (C=O) groups excluding carboxylic acids is 1. The molecule has 28 heavy (non-hydrogen) atoms. The number of fused-ring (bicyclic) bond motifs is 1. The second-order valence-corrected chi connectivity index (χ2v) is 6.14. The predicted octanol–water partition coefficient (Wildman–Crippen LogP) is 3.22. The van der Waals surface area contributed by atoms with Gasteiger partial charge in [-0.05, 0) is 36.2 Å². The lowest BCUT2D eigenvalue weighted by Crippen LogP contribution is -2.40. The first-order valence-electron chi connectivity index (χ1n) is 8.80. The molecule has 1 aromatic heterocycles. The molecular weight excluding hydrogens is 380 g/mol. The lowest BCUT2D eigenvalue weighted by Gasteiger charge is -2.17. The van der Waals surface area contributed by atoms with Crippen LogP contribution in [0.5, 0.6) is 5.75 Å². The van der Waals surface area contributed by atoms with Crippen LogP contribution in [0.2, 0.25) is 0 Å². The molecule has 0 saturated heterocycles. The minimum Gasteiger partial charge on any atom is -0.497 e. The first kappa shape index (κ1) is 21.5. The highest BCUT2D eigenvalue weighted by Gasteiger charge is 2.19. The number of halogens is 1. The molecule has 0 aliphatic heterocycles. The normalized spacial score (nSPS) is 11.5. The van der Waals surface area contributed by atoms with E-state index in [4.69, 9.17) is 9.47 Å². The molecule has 3 aromatic rings. The van der Waals surface area contributed by atoms with E-state index in [1.807, 2.05) is 48.5 Å². The highest BCUT2D eigenvalue weighted by Crippen LogP contribution is 2.21. The van der Waals surface area contributed by atoms with Gasteiger partial charge in [-0.25, -0.2) is 9.78 Å². The number of urea groups is 1. The number of imidazole rings is 1. The minimum absolute atomic E-state index is 0. The first-order valence-corrected chi connectivity index (χ1v) is 8.80. The SMILES string of the molecule is COCCNC(=O)N[C@H](Cc1ccc(OC)cc1)c1nc2ccccc2[nH]1.Cl. The van der Waals surface area contributed by atoms with Gasteiger partial charge in [-0.3, -0.25) is 0 Å². The monoisotopic (exact) mass is 404 g/mol. The summed E-state index contributed by atoms with van der Waals surface area (Å²) in [5.74, 6) is 1.51. The van der Waals surface area contributed by atoms with Crippen molar-refractivity contribution in [2.24, 2.45) is 0 Å². The average molecular weight is 405 g/mol. The quantitative estimate of drug-likeness (QED) is 0.503. The summed E-state index contributed by atoms with van der Waals surface area (Å²) in [6, 6.07) is 15.0. The largest absolute Gasteiger partial charge is 0.497 e. The van der Waals surface area contributed by atoms with Crippen LogP contribution >= 0.6 is 12.4 Å². The molecule has 2 aromatic carbocycles. The summed E-state index contributed by atoms with van der Waals surface area (Å²) in [5, 5.41) is 5.78. The molecule has 1 atom stereocenters. The second-order valence-electron chi connectivity index (χ2n) is 6.14. The number of aromatic amines is 1. The zero-order valence-corrected chi connectivity index (χ0v) is 16.7. The summed E-state index contributed by atoms with van der Waals surface area (Å²) < 4.78 is 10.2. The fraction of sp³-hybridized carbons (Fsp3) is 0.300. The second kappa shape index (κ2) is 10.5. The van der Waals surface area contributed by atoms with Crippen LogP contribution < -0.4 is 15.4 Å². The maximum Gasteiger partial charge on any atom is 0.315 e. The molecule has 3 N–H and O–H groups in total. The van der Waals surface area contributed by atoms with E-state index in [1.54, 1.807) is 14.2 Å². The van der Waals surface area contributed by atoms with E-state index in [0.29, 0.717) is 25.4 Å². The van der Waals surface area contributed by atoms with Gasteiger partial charge < -0.3 is 25.1 Å². The third kappa shape index (κ3) is 5.61. The van der Waals surface area contributed by atoms with Crippen molar-refractivity contribution >= 4 is 29.5 Å². The minimum atomic E-state index is -0.298. The molecule has 0 saturated carbocycles. The number of hydrogen-bond acceptors (Lipinski definition) is 4. The number of H-pyrrole nitrogens is 1. The van der Waals surface area contributed by atoms with Crippen LogP contribution in [-0.4, -0.2) is 43.4 Å². The molecule has 7 nitrogen and oxygen atoms in total. The molecule has 2 amide bonds. The Morgan fingerprint density at radius 1 is 1.14 bits per heavy atom. The van der Waals surface area contributed by atoms with E-state index >= 15 is 0 Å². The van der Waals surface area contributed by atoms with Crippen LogP contribution in [0, 0.1) is 0 Å². The molecule has 0 fully saturated rings. The van der Waals surface area contributed by atoms with Crippen LogP contribution in [0.25, 0.3) is 11.0 Å². The Labute approximate surface area is 170 Å².